The third kappa shape index (κ3) is 2.62. The fraction of sp³-hybridized carbons (Fsp3) is 0.154. The summed E-state index contributed by atoms with van der Waals surface area (Å²) in [4.78, 5) is 11.2. The van der Waals surface area contributed by atoms with Gasteiger partial charge in [-0.2, -0.15) is 11.3 Å². The molecule has 0 spiro atoms. The molecule has 0 aliphatic rings. The molecule has 0 saturated heterocycles. The lowest BCUT2D eigenvalue weighted by atomic mass is 10.1. The van der Waals surface area contributed by atoms with Crippen LogP contribution in [-0.2, 0) is 0 Å². The molecule has 5 heteroatoms. The molecule has 5 N–H and O–H groups in total. The summed E-state index contributed by atoms with van der Waals surface area (Å²) in [7, 11) is 0. The highest BCUT2D eigenvalue weighted by Crippen LogP contribution is 2.23. The maximum absolute atomic E-state index is 11.2. The van der Waals surface area contributed by atoms with Gasteiger partial charge in [0.15, 0.2) is 0 Å². The molecule has 2 aromatic rings. The summed E-state index contributed by atoms with van der Waals surface area (Å²) in [6.07, 6.45) is 0. The van der Waals surface area contributed by atoms with Gasteiger partial charge in [-0.25, -0.2) is 0 Å². The molecule has 0 bridgehead atoms. The summed E-state index contributed by atoms with van der Waals surface area (Å²) in [6.45, 7) is 2.06. The molecule has 1 heterocycles. The van der Waals surface area contributed by atoms with Crippen molar-refractivity contribution in [1.82, 2.24) is 0 Å². The number of amides is 1. The van der Waals surface area contributed by atoms with E-state index in [0.29, 0.717) is 11.3 Å². The zero-order valence-electron chi connectivity index (χ0n) is 10.0. The Balaban J connectivity index is 2.20. The van der Waals surface area contributed by atoms with E-state index in [9.17, 15) is 4.79 Å². The standard InChI is InChI=1S/C13H15N3OS/c1-8(9-4-5-18-7-9)16-10-2-3-12(14)11(6-10)13(15)17/h2-8,16H,14H2,1H3,(H2,15,17). The number of carbonyl (C=O) groups is 1. The Morgan fingerprint density at radius 1 is 1.39 bits per heavy atom. The van der Waals surface area contributed by atoms with Crippen LogP contribution in [0.3, 0.4) is 0 Å². The molecule has 1 aromatic heterocycles. The van der Waals surface area contributed by atoms with Gasteiger partial charge in [-0.05, 0) is 47.5 Å². The Morgan fingerprint density at radius 2 is 2.17 bits per heavy atom. The van der Waals surface area contributed by atoms with Gasteiger partial charge in [0.25, 0.3) is 5.91 Å². The number of primary amides is 1. The Hall–Kier alpha value is -2.01. The van der Waals surface area contributed by atoms with Crippen LogP contribution in [0, 0.1) is 0 Å². The summed E-state index contributed by atoms with van der Waals surface area (Å²) < 4.78 is 0. The summed E-state index contributed by atoms with van der Waals surface area (Å²) >= 11 is 1.65. The Labute approximate surface area is 110 Å². The van der Waals surface area contributed by atoms with E-state index in [1.54, 1.807) is 23.5 Å². The fourth-order valence-electron chi connectivity index (χ4n) is 1.71. The molecule has 1 atom stereocenters. The number of anilines is 2. The van der Waals surface area contributed by atoms with E-state index < -0.39 is 5.91 Å². The molecule has 0 aliphatic heterocycles. The SMILES string of the molecule is CC(Nc1ccc(N)c(C(N)=O)c1)c1ccsc1. The number of benzene rings is 1. The summed E-state index contributed by atoms with van der Waals surface area (Å²) in [6, 6.07) is 7.43. The lowest BCUT2D eigenvalue weighted by Crippen LogP contribution is -2.14. The van der Waals surface area contributed by atoms with E-state index in [4.69, 9.17) is 11.5 Å². The second kappa shape index (κ2) is 5.10. The second-order valence-corrected chi connectivity index (χ2v) is 4.87. The smallest absolute Gasteiger partial charge is 0.250 e. The molecule has 2 rings (SSSR count). The first kappa shape index (κ1) is 12.4. The van der Waals surface area contributed by atoms with E-state index in [1.165, 1.54) is 5.56 Å². The minimum absolute atomic E-state index is 0.167. The summed E-state index contributed by atoms with van der Waals surface area (Å²) in [5, 5.41) is 7.43. The average Bonchev–Trinajstić information content (AvgIpc) is 2.85. The van der Waals surface area contributed by atoms with Crippen LogP contribution in [0.15, 0.2) is 35.0 Å². The van der Waals surface area contributed by atoms with Crippen LogP contribution in [-0.4, -0.2) is 5.91 Å². The molecular weight excluding hydrogens is 246 g/mol. The maximum atomic E-state index is 11.2. The molecule has 0 radical (unpaired) electrons. The van der Waals surface area contributed by atoms with Gasteiger partial charge < -0.3 is 16.8 Å². The number of hydrogen-bond donors (Lipinski definition) is 3. The van der Waals surface area contributed by atoms with Crippen molar-refractivity contribution in [2.24, 2.45) is 5.73 Å². The largest absolute Gasteiger partial charge is 0.398 e. The van der Waals surface area contributed by atoms with Crippen LogP contribution >= 0.6 is 11.3 Å². The summed E-state index contributed by atoms with van der Waals surface area (Å²) in [5.41, 5.74) is 13.7. The van der Waals surface area contributed by atoms with Crippen LogP contribution in [0.2, 0.25) is 0 Å². The normalized spacial score (nSPS) is 12.1. The molecule has 0 aliphatic carbocycles. The minimum Gasteiger partial charge on any atom is -0.398 e. The van der Waals surface area contributed by atoms with Gasteiger partial charge in [-0.3, -0.25) is 4.79 Å². The van der Waals surface area contributed by atoms with E-state index in [1.807, 2.05) is 11.4 Å². The van der Waals surface area contributed by atoms with E-state index in [0.717, 1.165) is 5.69 Å². The first-order valence-corrected chi connectivity index (χ1v) is 6.50. The van der Waals surface area contributed by atoms with Gasteiger partial charge in [0, 0.05) is 17.4 Å². The van der Waals surface area contributed by atoms with Crippen molar-refractivity contribution in [3.05, 3.63) is 46.2 Å². The first-order chi connectivity index (χ1) is 8.58. The van der Waals surface area contributed by atoms with Gasteiger partial charge in [0.2, 0.25) is 0 Å². The number of nitrogens with one attached hydrogen (secondary N) is 1. The third-order valence-corrected chi connectivity index (χ3v) is 3.45. The van der Waals surface area contributed by atoms with Crippen LogP contribution in [0.5, 0.6) is 0 Å². The number of thiophene rings is 1. The molecule has 0 fully saturated rings. The predicted octanol–water partition coefficient (Wildman–Crippen LogP) is 2.60. The average molecular weight is 261 g/mol. The van der Waals surface area contributed by atoms with Gasteiger partial charge in [-0.15, -0.1) is 0 Å². The van der Waals surface area contributed by atoms with Gasteiger partial charge in [0.05, 0.1) is 5.56 Å². The van der Waals surface area contributed by atoms with Crippen molar-refractivity contribution in [2.75, 3.05) is 11.1 Å². The molecule has 18 heavy (non-hydrogen) atoms. The highest BCUT2D eigenvalue weighted by atomic mass is 32.1. The lowest BCUT2D eigenvalue weighted by Gasteiger charge is -2.15. The number of nitrogen functional groups attached to an aromatic ring is 1. The number of nitrogens with two attached hydrogens (primary N) is 2. The highest BCUT2D eigenvalue weighted by molar-refractivity contribution is 7.07. The van der Waals surface area contributed by atoms with Gasteiger partial charge >= 0.3 is 0 Å². The molecule has 4 nitrogen and oxygen atoms in total. The molecule has 1 amide bonds. The second-order valence-electron chi connectivity index (χ2n) is 4.09. The van der Waals surface area contributed by atoms with E-state index >= 15 is 0 Å². The predicted molar refractivity (Wildman–Crippen MR) is 75.7 cm³/mol. The van der Waals surface area contributed by atoms with Crippen molar-refractivity contribution in [2.45, 2.75) is 13.0 Å². The zero-order valence-corrected chi connectivity index (χ0v) is 10.8. The molecule has 1 unspecified atom stereocenters. The van der Waals surface area contributed by atoms with Crippen LogP contribution in [0.25, 0.3) is 0 Å². The molecule has 1 aromatic carbocycles. The van der Waals surface area contributed by atoms with Crippen molar-refractivity contribution in [3.63, 3.8) is 0 Å². The number of carbonyl (C=O) groups excluding carboxylic acids is 1. The Bertz CT molecular complexity index is 551. The van der Waals surface area contributed by atoms with Crippen molar-refractivity contribution < 1.29 is 4.79 Å². The number of hydrogen-bond acceptors (Lipinski definition) is 4. The Kier molecular flexibility index (Phi) is 3.53. The molecule has 94 valence electrons. The van der Waals surface area contributed by atoms with Crippen molar-refractivity contribution >= 4 is 28.6 Å². The highest BCUT2D eigenvalue weighted by Gasteiger charge is 2.09. The van der Waals surface area contributed by atoms with Crippen molar-refractivity contribution in [3.8, 4) is 0 Å². The Morgan fingerprint density at radius 3 is 2.78 bits per heavy atom. The maximum Gasteiger partial charge on any atom is 0.250 e. The molecule has 0 saturated carbocycles. The fourth-order valence-corrected chi connectivity index (χ4v) is 2.47. The first-order valence-electron chi connectivity index (χ1n) is 5.56. The van der Waals surface area contributed by atoms with Gasteiger partial charge in [-0.1, -0.05) is 0 Å². The van der Waals surface area contributed by atoms with Crippen LogP contribution in [0.1, 0.15) is 28.9 Å². The monoisotopic (exact) mass is 261 g/mol. The van der Waals surface area contributed by atoms with Gasteiger partial charge in [0.1, 0.15) is 0 Å². The van der Waals surface area contributed by atoms with E-state index in [-0.39, 0.29) is 6.04 Å². The van der Waals surface area contributed by atoms with Crippen molar-refractivity contribution in [1.29, 1.82) is 0 Å². The molecular formula is C13H15N3OS. The van der Waals surface area contributed by atoms with Crippen LogP contribution in [0.4, 0.5) is 11.4 Å². The lowest BCUT2D eigenvalue weighted by molar-refractivity contribution is 0.100. The zero-order chi connectivity index (χ0) is 13.1. The summed E-state index contributed by atoms with van der Waals surface area (Å²) in [5.74, 6) is -0.515. The topological polar surface area (TPSA) is 81.1 Å². The number of rotatable bonds is 4. The minimum atomic E-state index is -0.515. The van der Waals surface area contributed by atoms with E-state index in [2.05, 4.69) is 23.7 Å². The quantitative estimate of drug-likeness (QED) is 0.740. The van der Waals surface area contributed by atoms with Crippen LogP contribution < -0.4 is 16.8 Å². The third-order valence-electron chi connectivity index (χ3n) is 2.75.